The van der Waals surface area contributed by atoms with Crippen LogP contribution >= 0.6 is 0 Å². The summed E-state index contributed by atoms with van der Waals surface area (Å²) in [6, 6.07) is 6.43. The number of unbranched alkanes of at least 4 members (excludes halogenated alkanes) is 9. The average Bonchev–Trinajstić information content (AvgIpc) is 2.48. The van der Waals surface area contributed by atoms with E-state index in [0.29, 0.717) is 0 Å². The van der Waals surface area contributed by atoms with E-state index in [1.165, 1.54) is 75.3 Å². The summed E-state index contributed by atoms with van der Waals surface area (Å²) < 4.78 is 5.89. The molecule has 0 aromatic heterocycles. The van der Waals surface area contributed by atoms with Crippen LogP contribution in [-0.4, -0.2) is 6.61 Å². The molecule has 0 spiro atoms. The standard InChI is InChI=1S/C20H34O/c1-4-5-6-7-8-9-10-11-12-13-16-21-20-17-18(2)14-15-19(20)3/h14-15,17H,4-13,16H2,1-3H3. The molecule has 0 amide bonds. The van der Waals surface area contributed by atoms with Gasteiger partial charge in [-0.25, -0.2) is 0 Å². The SMILES string of the molecule is CCCCCCCCCCCCOc1cc(C)ccc1C. The third kappa shape index (κ3) is 8.80. The lowest BCUT2D eigenvalue weighted by atomic mass is 10.1. The van der Waals surface area contributed by atoms with Crippen LogP contribution in [0, 0.1) is 13.8 Å². The molecule has 0 saturated heterocycles. The molecule has 0 heterocycles. The molecule has 0 aliphatic heterocycles. The predicted molar refractivity (Wildman–Crippen MR) is 93.3 cm³/mol. The first-order chi connectivity index (χ1) is 10.2. The topological polar surface area (TPSA) is 9.23 Å². The lowest BCUT2D eigenvalue weighted by molar-refractivity contribution is 0.302. The maximum absolute atomic E-state index is 5.89. The van der Waals surface area contributed by atoms with Gasteiger partial charge in [-0.2, -0.15) is 0 Å². The van der Waals surface area contributed by atoms with Gasteiger partial charge in [-0.05, 0) is 37.5 Å². The minimum atomic E-state index is 0.862. The Kier molecular flexibility index (Phi) is 10.0. The first-order valence-corrected chi connectivity index (χ1v) is 8.94. The van der Waals surface area contributed by atoms with Crippen LogP contribution in [0.15, 0.2) is 18.2 Å². The monoisotopic (exact) mass is 290 g/mol. The molecule has 0 radical (unpaired) electrons. The number of hydrogen-bond acceptors (Lipinski definition) is 1. The van der Waals surface area contributed by atoms with E-state index in [-0.39, 0.29) is 0 Å². The summed E-state index contributed by atoms with van der Waals surface area (Å²) >= 11 is 0. The molecule has 0 aliphatic rings. The fourth-order valence-corrected chi connectivity index (χ4v) is 2.63. The molecule has 120 valence electrons. The van der Waals surface area contributed by atoms with Gasteiger partial charge in [0, 0.05) is 0 Å². The third-order valence-electron chi connectivity index (χ3n) is 4.10. The Morgan fingerprint density at radius 1 is 0.762 bits per heavy atom. The second-order valence-corrected chi connectivity index (χ2v) is 6.30. The fourth-order valence-electron chi connectivity index (χ4n) is 2.63. The normalized spacial score (nSPS) is 10.8. The van der Waals surface area contributed by atoms with Crippen LogP contribution in [0.2, 0.25) is 0 Å². The molecule has 0 fully saturated rings. The summed E-state index contributed by atoms with van der Waals surface area (Å²) in [6.45, 7) is 7.38. The fraction of sp³-hybridized carbons (Fsp3) is 0.700. The lowest BCUT2D eigenvalue weighted by Gasteiger charge is -2.09. The van der Waals surface area contributed by atoms with Gasteiger partial charge in [0.25, 0.3) is 0 Å². The Morgan fingerprint density at radius 2 is 1.33 bits per heavy atom. The summed E-state index contributed by atoms with van der Waals surface area (Å²) in [7, 11) is 0. The van der Waals surface area contributed by atoms with Gasteiger partial charge in [-0.15, -0.1) is 0 Å². The van der Waals surface area contributed by atoms with Gasteiger partial charge in [0.1, 0.15) is 5.75 Å². The van der Waals surface area contributed by atoms with Gasteiger partial charge in [0.2, 0.25) is 0 Å². The van der Waals surface area contributed by atoms with E-state index in [4.69, 9.17) is 4.74 Å². The zero-order chi connectivity index (χ0) is 15.3. The van der Waals surface area contributed by atoms with Gasteiger partial charge in [-0.1, -0.05) is 76.8 Å². The Labute approximate surface area is 132 Å². The van der Waals surface area contributed by atoms with Gasteiger partial charge in [0.05, 0.1) is 6.61 Å². The summed E-state index contributed by atoms with van der Waals surface area (Å²) in [5.41, 5.74) is 2.52. The van der Waals surface area contributed by atoms with Crippen LogP contribution in [0.1, 0.15) is 82.3 Å². The van der Waals surface area contributed by atoms with E-state index in [9.17, 15) is 0 Å². The Hall–Kier alpha value is -0.980. The predicted octanol–water partition coefficient (Wildman–Crippen LogP) is 6.60. The molecule has 1 nitrogen and oxygen atoms in total. The molecule has 0 unspecified atom stereocenters. The third-order valence-corrected chi connectivity index (χ3v) is 4.10. The molecule has 0 atom stereocenters. The zero-order valence-corrected chi connectivity index (χ0v) is 14.4. The largest absolute Gasteiger partial charge is 0.493 e. The van der Waals surface area contributed by atoms with Crippen molar-refractivity contribution in [2.75, 3.05) is 6.61 Å². The van der Waals surface area contributed by atoms with E-state index in [0.717, 1.165) is 12.4 Å². The maximum Gasteiger partial charge on any atom is 0.122 e. The minimum Gasteiger partial charge on any atom is -0.493 e. The molecular formula is C20H34O. The lowest BCUT2D eigenvalue weighted by Crippen LogP contribution is -1.99. The second kappa shape index (κ2) is 11.7. The van der Waals surface area contributed by atoms with E-state index in [1.807, 2.05) is 0 Å². The van der Waals surface area contributed by atoms with Crippen molar-refractivity contribution in [3.63, 3.8) is 0 Å². The van der Waals surface area contributed by atoms with Crippen LogP contribution < -0.4 is 4.74 Å². The van der Waals surface area contributed by atoms with E-state index in [1.54, 1.807) is 0 Å². The number of rotatable bonds is 12. The number of hydrogen-bond donors (Lipinski definition) is 0. The van der Waals surface area contributed by atoms with Crippen LogP contribution in [0.25, 0.3) is 0 Å². The Balaban J connectivity index is 1.94. The summed E-state index contributed by atoms with van der Waals surface area (Å²) in [5.74, 6) is 1.06. The first-order valence-electron chi connectivity index (χ1n) is 8.94. The summed E-state index contributed by atoms with van der Waals surface area (Å²) in [5, 5.41) is 0. The highest BCUT2D eigenvalue weighted by molar-refractivity contribution is 5.35. The minimum absolute atomic E-state index is 0.862. The maximum atomic E-state index is 5.89. The molecule has 21 heavy (non-hydrogen) atoms. The van der Waals surface area contributed by atoms with Gasteiger partial charge in [0.15, 0.2) is 0 Å². The molecular weight excluding hydrogens is 256 g/mol. The van der Waals surface area contributed by atoms with Gasteiger partial charge >= 0.3 is 0 Å². The smallest absolute Gasteiger partial charge is 0.122 e. The highest BCUT2D eigenvalue weighted by Crippen LogP contribution is 2.19. The summed E-state index contributed by atoms with van der Waals surface area (Å²) in [6.07, 6.45) is 13.7. The second-order valence-electron chi connectivity index (χ2n) is 6.30. The van der Waals surface area contributed by atoms with Crippen molar-refractivity contribution < 1.29 is 4.74 Å². The molecule has 1 aromatic rings. The number of benzene rings is 1. The van der Waals surface area contributed by atoms with Crippen molar-refractivity contribution in [2.24, 2.45) is 0 Å². The van der Waals surface area contributed by atoms with Crippen molar-refractivity contribution in [3.05, 3.63) is 29.3 Å². The zero-order valence-electron chi connectivity index (χ0n) is 14.4. The average molecular weight is 290 g/mol. The van der Waals surface area contributed by atoms with E-state index >= 15 is 0 Å². The van der Waals surface area contributed by atoms with Gasteiger partial charge < -0.3 is 4.74 Å². The van der Waals surface area contributed by atoms with Crippen LogP contribution in [0.5, 0.6) is 5.75 Å². The highest BCUT2D eigenvalue weighted by Gasteiger charge is 1.99. The van der Waals surface area contributed by atoms with Crippen LogP contribution in [0.4, 0.5) is 0 Å². The first kappa shape index (κ1) is 18.1. The van der Waals surface area contributed by atoms with Crippen LogP contribution in [-0.2, 0) is 0 Å². The molecule has 0 bridgehead atoms. The summed E-state index contributed by atoms with van der Waals surface area (Å²) in [4.78, 5) is 0. The van der Waals surface area contributed by atoms with Crippen molar-refractivity contribution in [3.8, 4) is 5.75 Å². The molecule has 0 saturated carbocycles. The molecule has 0 aliphatic carbocycles. The van der Waals surface area contributed by atoms with Crippen molar-refractivity contribution >= 4 is 0 Å². The van der Waals surface area contributed by atoms with E-state index in [2.05, 4.69) is 39.0 Å². The van der Waals surface area contributed by atoms with Crippen molar-refractivity contribution in [1.82, 2.24) is 0 Å². The highest BCUT2D eigenvalue weighted by atomic mass is 16.5. The van der Waals surface area contributed by atoms with Crippen LogP contribution in [0.3, 0.4) is 0 Å². The molecule has 1 rings (SSSR count). The number of aryl methyl sites for hydroxylation is 2. The number of ether oxygens (including phenoxy) is 1. The molecule has 0 N–H and O–H groups in total. The van der Waals surface area contributed by atoms with E-state index < -0.39 is 0 Å². The molecule has 1 aromatic carbocycles. The molecule has 1 heteroatoms. The Morgan fingerprint density at radius 3 is 1.95 bits per heavy atom. The van der Waals surface area contributed by atoms with Gasteiger partial charge in [-0.3, -0.25) is 0 Å². The van der Waals surface area contributed by atoms with Crippen molar-refractivity contribution in [1.29, 1.82) is 0 Å². The quantitative estimate of drug-likeness (QED) is 0.394. The van der Waals surface area contributed by atoms with Crippen molar-refractivity contribution in [2.45, 2.75) is 85.0 Å². The Bertz CT molecular complexity index is 370.